The van der Waals surface area contributed by atoms with Gasteiger partial charge in [-0.3, -0.25) is 15.0 Å². The molecule has 1 aliphatic heterocycles. The highest BCUT2D eigenvalue weighted by Gasteiger charge is 2.20. The van der Waals surface area contributed by atoms with Gasteiger partial charge in [0.15, 0.2) is 5.11 Å². The van der Waals surface area contributed by atoms with E-state index < -0.39 is 0 Å². The van der Waals surface area contributed by atoms with Crippen LogP contribution in [0.1, 0.15) is 42.6 Å². The van der Waals surface area contributed by atoms with Gasteiger partial charge in [-0.15, -0.1) is 0 Å². The van der Waals surface area contributed by atoms with Crippen LogP contribution in [0.4, 0.5) is 0 Å². The summed E-state index contributed by atoms with van der Waals surface area (Å²) in [4.78, 5) is 15.0. The minimum absolute atomic E-state index is 0.219. The zero-order valence-electron chi connectivity index (χ0n) is 17.8. The molecule has 0 radical (unpaired) electrons. The molecule has 6 heteroatoms. The highest BCUT2D eigenvalue weighted by Crippen LogP contribution is 2.15. The summed E-state index contributed by atoms with van der Waals surface area (Å²) in [5.41, 5.74) is 1.88. The van der Waals surface area contributed by atoms with Crippen molar-refractivity contribution in [1.82, 2.24) is 15.5 Å². The van der Waals surface area contributed by atoms with Gasteiger partial charge in [-0.2, -0.15) is 0 Å². The molecule has 2 aromatic rings. The first-order valence-electron chi connectivity index (χ1n) is 10.6. The Morgan fingerprint density at radius 1 is 1.13 bits per heavy atom. The van der Waals surface area contributed by atoms with Crippen LogP contribution in [0, 0.1) is 5.92 Å². The second-order valence-electron chi connectivity index (χ2n) is 8.20. The third-order valence-electron chi connectivity index (χ3n) is 5.08. The van der Waals surface area contributed by atoms with E-state index in [0.717, 1.165) is 32.5 Å². The van der Waals surface area contributed by atoms with E-state index in [1.165, 1.54) is 5.56 Å². The molecule has 2 aromatic carbocycles. The molecule has 3 rings (SSSR count). The molecule has 1 fully saturated rings. The van der Waals surface area contributed by atoms with Gasteiger partial charge in [0.1, 0.15) is 5.75 Å². The number of hydrogen-bond acceptors (Lipinski definition) is 4. The number of likely N-dealkylation sites (tertiary alicyclic amines) is 1. The van der Waals surface area contributed by atoms with Crippen molar-refractivity contribution in [3.8, 4) is 5.75 Å². The fourth-order valence-corrected chi connectivity index (χ4v) is 3.72. The van der Waals surface area contributed by atoms with Gasteiger partial charge in [-0.1, -0.05) is 50.2 Å². The maximum atomic E-state index is 12.5. The monoisotopic (exact) mass is 425 g/mol. The molecule has 0 spiro atoms. The third-order valence-corrected chi connectivity index (χ3v) is 5.30. The van der Waals surface area contributed by atoms with Gasteiger partial charge < -0.3 is 10.1 Å². The smallest absolute Gasteiger partial charge is 0.257 e. The van der Waals surface area contributed by atoms with Crippen molar-refractivity contribution in [3.05, 3.63) is 65.7 Å². The molecular weight excluding hydrogens is 394 g/mol. The zero-order valence-corrected chi connectivity index (χ0v) is 18.6. The maximum absolute atomic E-state index is 12.5. The van der Waals surface area contributed by atoms with Gasteiger partial charge >= 0.3 is 0 Å². The summed E-state index contributed by atoms with van der Waals surface area (Å²) in [6, 6.07) is 18.0. The molecule has 1 heterocycles. The van der Waals surface area contributed by atoms with Gasteiger partial charge in [0.05, 0.1) is 6.61 Å². The van der Waals surface area contributed by atoms with Crippen molar-refractivity contribution in [1.29, 1.82) is 0 Å². The fourth-order valence-electron chi connectivity index (χ4n) is 3.46. The lowest BCUT2D eigenvalue weighted by Gasteiger charge is -2.32. The van der Waals surface area contributed by atoms with Crippen LogP contribution >= 0.6 is 12.2 Å². The van der Waals surface area contributed by atoms with E-state index >= 15 is 0 Å². The molecule has 160 valence electrons. The molecule has 0 bridgehead atoms. The minimum Gasteiger partial charge on any atom is -0.493 e. The van der Waals surface area contributed by atoms with Crippen molar-refractivity contribution in [3.63, 3.8) is 0 Å². The van der Waals surface area contributed by atoms with Gasteiger partial charge in [0.25, 0.3) is 5.91 Å². The SMILES string of the molecule is CC(C)COc1cccc(C(=O)NC(=S)NC2CCN(Cc3ccccc3)CC2)c1. The molecule has 1 saturated heterocycles. The largest absolute Gasteiger partial charge is 0.493 e. The third kappa shape index (κ3) is 7.11. The van der Waals surface area contributed by atoms with E-state index in [4.69, 9.17) is 17.0 Å². The number of nitrogens with zero attached hydrogens (tertiary/aromatic N) is 1. The lowest BCUT2D eigenvalue weighted by atomic mass is 10.0. The van der Waals surface area contributed by atoms with Crippen LogP contribution in [-0.2, 0) is 6.54 Å². The van der Waals surface area contributed by atoms with Gasteiger partial charge in [-0.05, 0) is 54.7 Å². The molecule has 5 nitrogen and oxygen atoms in total. The molecular formula is C24H31N3O2S. The predicted molar refractivity (Wildman–Crippen MR) is 125 cm³/mol. The maximum Gasteiger partial charge on any atom is 0.257 e. The summed E-state index contributed by atoms with van der Waals surface area (Å²) in [5.74, 6) is 0.906. The van der Waals surface area contributed by atoms with E-state index in [-0.39, 0.29) is 11.9 Å². The van der Waals surface area contributed by atoms with E-state index in [9.17, 15) is 4.79 Å². The first kappa shape index (κ1) is 22.2. The Balaban J connectivity index is 1.42. The summed E-state index contributed by atoms with van der Waals surface area (Å²) < 4.78 is 5.70. The van der Waals surface area contributed by atoms with Crippen LogP contribution in [0.3, 0.4) is 0 Å². The summed E-state index contributed by atoms with van der Waals surface area (Å²) in [7, 11) is 0. The summed E-state index contributed by atoms with van der Waals surface area (Å²) in [6.07, 6.45) is 2.00. The number of rotatable bonds is 7. The highest BCUT2D eigenvalue weighted by molar-refractivity contribution is 7.80. The summed E-state index contributed by atoms with van der Waals surface area (Å²) >= 11 is 5.38. The van der Waals surface area contributed by atoms with Crippen LogP contribution in [0.2, 0.25) is 0 Å². The molecule has 0 atom stereocenters. The summed E-state index contributed by atoms with van der Waals surface area (Å²) in [6.45, 7) is 7.80. The molecule has 1 amide bonds. The number of nitrogens with one attached hydrogen (secondary N) is 2. The Morgan fingerprint density at radius 2 is 1.87 bits per heavy atom. The van der Waals surface area contributed by atoms with Crippen molar-refractivity contribution < 1.29 is 9.53 Å². The lowest BCUT2D eigenvalue weighted by molar-refractivity contribution is 0.0975. The number of benzene rings is 2. The first-order chi connectivity index (χ1) is 14.5. The molecule has 0 aliphatic carbocycles. The number of carbonyl (C=O) groups excluding carboxylic acids is 1. The number of carbonyl (C=O) groups is 1. The highest BCUT2D eigenvalue weighted by atomic mass is 32.1. The standard InChI is InChI=1S/C24H31N3O2S/c1-18(2)17-29-22-10-6-9-20(15-22)23(28)26-24(30)25-21-11-13-27(14-12-21)16-19-7-4-3-5-8-19/h3-10,15,18,21H,11-14,16-17H2,1-2H3,(H2,25,26,28,30). The van der Waals surface area contributed by atoms with Crippen LogP contribution in [0.15, 0.2) is 54.6 Å². The van der Waals surface area contributed by atoms with E-state index in [2.05, 4.69) is 53.6 Å². The Hall–Kier alpha value is -2.44. The molecule has 0 saturated carbocycles. The molecule has 1 aliphatic rings. The van der Waals surface area contributed by atoms with Gasteiger partial charge in [0, 0.05) is 31.2 Å². The van der Waals surface area contributed by atoms with Crippen LogP contribution < -0.4 is 15.4 Å². The normalized spacial score (nSPS) is 15.0. The van der Waals surface area contributed by atoms with Gasteiger partial charge in [0.2, 0.25) is 0 Å². The molecule has 0 aromatic heterocycles. The minimum atomic E-state index is -0.219. The van der Waals surface area contributed by atoms with Crippen molar-refractivity contribution in [2.24, 2.45) is 5.92 Å². The van der Waals surface area contributed by atoms with Crippen molar-refractivity contribution in [2.45, 2.75) is 39.3 Å². The van der Waals surface area contributed by atoms with Crippen LogP contribution in [0.25, 0.3) is 0 Å². The van der Waals surface area contributed by atoms with E-state index in [0.29, 0.717) is 29.0 Å². The Labute approximate surface area is 184 Å². The van der Waals surface area contributed by atoms with E-state index in [1.807, 2.05) is 18.2 Å². The van der Waals surface area contributed by atoms with Crippen LogP contribution in [0.5, 0.6) is 5.75 Å². The molecule has 2 N–H and O–H groups in total. The molecule has 30 heavy (non-hydrogen) atoms. The summed E-state index contributed by atoms with van der Waals surface area (Å²) in [5, 5.41) is 6.48. The topological polar surface area (TPSA) is 53.6 Å². The van der Waals surface area contributed by atoms with Crippen molar-refractivity contribution >= 4 is 23.2 Å². The zero-order chi connectivity index (χ0) is 21.3. The predicted octanol–water partition coefficient (Wildman–Crippen LogP) is 3.99. The second-order valence-corrected chi connectivity index (χ2v) is 8.60. The first-order valence-corrected chi connectivity index (χ1v) is 11.0. The Bertz CT molecular complexity index is 833. The number of hydrogen-bond donors (Lipinski definition) is 2. The number of ether oxygens (including phenoxy) is 1. The average Bonchev–Trinajstić information content (AvgIpc) is 2.74. The second kappa shape index (κ2) is 11.1. The number of amides is 1. The van der Waals surface area contributed by atoms with Gasteiger partial charge in [-0.25, -0.2) is 0 Å². The molecule has 0 unspecified atom stereocenters. The Morgan fingerprint density at radius 3 is 2.57 bits per heavy atom. The van der Waals surface area contributed by atoms with Crippen molar-refractivity contribution in [2.75, 3.05) is 19.7 Å². The van der Waals surface area contributed by atoms with E-state index in [1.54, 1.807) is 12.1 Å². The fraction of sp³-hybridized carbons (Fsp3) is 0.417. The van der Waals surface area contributed by atoms with Crippen LogP contribution in [-0.4, -0.2) is 41.7 Å². The quantitative estimate of drug-likeness (QED) is 0.657. The average molecular weight is 426 g/mol. The number of thiocarbonyl (C=S) groups is 1. The Kier molecular flexibility index (Phi) is 8.22. The lowest BCUT2D eigenvalue weighted by Crippen LogP contribution is -2.48. The number of piperidine rings is 1.